The summed E-state index contributed by atoms with van der Waals surface area (Å²) in [7, 11) is 0. The van der Waals surface area contributed by atoms with Crippen molar-refractivity contribution in [2.75, 3.05) is 13.1 Å². The van der Waals surface area contributed by atoms with Crippen LogP contribution in [0.2, 0.25) is 0 Å². The Bertz CT molecular complexity index is 1010. The highest BCUT2D eigenvalue weighted by atomic mass is 19.1. The molecule has 0 aliphatic carbocycles. The van der Waals surface area contributed by atoms with Crippen LogP contribution in [0.15, 0.2) is 71.1 Å². The van der Waals surface area contributed by atoms with Crippen molar-refractivity contribution in [3.63, 3.8) is 0 Å². The van der Waals surface area contributed by atoms with Crippen LogP contribution in [0.1, 0.15) is 39.5 Å². The fraction of sp³-hybridized carbons (Fsp3) is 0.250. The van der Waals surface area contributed by atoms with Gasteiger partial charge >= 0.3 is 0 Å². The Morgan fingerprint density at radius 1 is 0.967 bits per heavy atom. The summed E-state index contributed by atoms with van der Waals surface area (Å²) in [4.78, 5) is 27.1. The first-order chi connectivity index (χ1) is 14.6. The van der Waals surface area contributed by atoms with Gasteiger partial charge in [0.05, 0.1) is 0 Å². The van der Waals surface area contributed by atoms with E-state index in [1.807, 2.05) is 30.3 Å². The van der Waals surface area contributed by atoms with Gasteiger partial charge in [-0.05, 0) is 49.2 Å². The zero-order valence-electron chi connectivity index (χ0n) is 16.4. The zero-order chi connectivity index (χ0) is 20.9. The number of ether oxygens (including phenoxy) is 1. The summed E-state index contributed by atoms with van der Waals surface area (Å²) >= 11 is 0. The molecule has 3 aromatic rings. The molecule has 4 rings (SSSR count). The maximum Gasteiger partial charge on any atom is 0.289 e. The van der Waals surface area contributed by atoms with Gasteiger partial charge in [-0.15, -0.1) is 0 Å². The number of ketones is 1. The molecule has 154 valence electrons. The number of hydrogen-bond donors (Lipinski definition) is 0. The fourth-order valence-corrected chi connectivity index (χ4v) is 3.59. The Hall–Kier alpha value is -3.41. The third-order valence-electron chi connectivity index (χ3n) is 5.28. The number of furan rings is 1. The monoisotopic (exact) mass is 407 g/mol. The van der Waals surface area contributed by atoms with Gasteiger partial charge in [-0.25, -0.2) is 4.39 Å². The minimum atomic E-state index is -0.331. The van der Waals surface area contributed by atoms with E-state index >= 15 is 0 Å². The normalized spacial score (nSPS) is 14.5. The quantitative estimate of drug-likeness (QED) is 0.554. The lowest BCUT2D eigenvalue weighted by molar-refractivity contribution is 0.0621. The molecule has 0 atom stereocenters. The molecule has 1 aliphatic rings. The number of Topliss-reactive ketones (excluding diaryl/α,β-unsaturated/α-hetero) is 1. The van der Waals surface area contributed by atoms with Gasteiger partial charge in [0.15, 0.2) is 11.5 Å². The number of nitrogens with zero attached hydrogens (tertiary/aromatic N) is 1. The lowest BCUT2D eigenvalue weighted by Crippen LogP contribution is -2.40. The number of halogens is 1. The van der Waals surface area contributed by atoms with Crippen LogP contribution in [0.25, 0.3) is 0 Å². The number of likely N-dealkylation sites (tertiary alicyclic amines) is 1. The molecule has 5 nitrogen and oxygen atoms in total. The van der Waals surface area contributed by atoms with E-state index in [9.17, 15) is 14.0 Å². The van der Waals surface area contributed by atoms with Crippen molar-refractivity contribution in [1.29, 1.82) is 0 Å². The highest BCUT2D eigenvalue weighted by molar-refractivity contribution is 5.98. The van der Waals surface area contributed by atoms with E-state index in [2.05, 4.69) is 0 Å². The number of rotatable bonds is 6. The van der Waals surface area contributed by atoms with E-state index in [4.69, 9.17) is 9.15 Å². The van der Waals surface area contributed by atoms with Crippen molar-refractivity contribution in [1.82, 2.24) is 4.90 Å². The van der Waals surface area contributed by atoms with E-state index in [0.29, 0.717) is 37.4 Å². The third kappa shape index (κ3) is 4.59. The maximum atomic E-state index is 12.9. The largest absolute Gasteiger partial charge is 0.486 e. The average molecular weight is 407 g/mol. The molecule has 6 heteroatoms. The van der Waals surface area contributed by atoms with Gasteiger partial charge in [0.25, 0.3) is 5.91 Å². The molecule has 0 spiro atoms. The second kappa shape index (κ2) is 8.95. The van der Waals surface area contributed by atoms with Gasteiger partial charge in [-0.1, -0.05) is 30.3 Å². The molecule has 30 heavy (non-hydrogen) atoms. The summed E-state index contributed by atoms with van der Waals surface area (Å²) in [6.45, 7) is 1.18. The fourth-order valence-electron chi connectivity index (χ4n) is 3.59. The first-order valence-corrected chi connectivity index (χ1v) is 9.96. The number of carbonyl (C=O) groups excluding carboxylic acids is 2. The summed E-state index contributed by atoms with van der Waals surface area (Å²) in [6, 6.07) is 18.3. The maximum absolute atomic E-state index is 12.9. The first-order valence-electron chi connectivity index (χ1n) is 9.96. The molecule has 1 aliphatic heterocycles. The molecule has 1 aromatic heterocycles. The van der Waals surface area contributed by atoms with Crippen LogP contribution in [0.5, 0.6) is 5.75 Å². The molecular formula is C24H22FNO4. The van der Waals surface area contributed by atoms with Crippen molar-refractivity contribution in [2.45, 2.75) is 19.4 Å². The van der Waals surface area contributed by atoms with Crippen LogP contribution in [-0.2, 0) is 6.61 Å². The molecule has 1 fully saturated rings. The van der Waals surface area contributed by atoms with Crippen molar-refractivity contribution >= 4 is 11.7 Å². The second-order valence-corrected chi connectivity index (χ2v) is 7.31. The highest BCUT2D eigenvalue weighted by Gasteiger charge is 2.29. The topological polar surface area (TPSA) is 59.8 Å². The summed E-state index contributed by atoms with van der Waals surface area (Å²) in [5.41, 5.74) is 0.721. The van der Waals surface area contributed by atoms with E-state index in [1.54, 1.807) is 17.0 Å². The zero-order valence-corrected chi connectivity index (χ0v) is 16.4. The Morgan fingerprint density at radius 3 is 2.37 bits per heavy atom. The summed E-state index contributed by atoms with van der Waals surface area (Å²) < 4.78 is 24.1. The smallest absolute Gasteiger partial charge is 0.289 e. The lowest BCUT2D eigenvalue weighted by Gasteiger charge is -2.30. The summed E-state index contributed by atoms with van der Waals surface area (Å²) in [6.07, 6.45) is 1.28. The van der Waals surface area contributed by atoms with Crippen LogP contribution in [0.3, 0.4) is 0 Å². The number of carbonyl (C=O) groups is 2. The van der Waals surface area contributed by atoms with Crippen molar-refractivity contribution in [2.24, 2.45) is 5.92 Å². The molecule has 2 aromatic carbocycles. The van der Waals surface area contributed by atoms with E-state index in [1.165, 1.54) is 24.3 Å². The van der Waals surface area contributed by atoms with Crippen LogP contribution in [0.4, 0.5) is 4.39 Å². The average Bonchev–Trinajstić information content (AvgIpc) is 3.27. The van der Waals surface area contributed by atoms with E-state index in [0.717, 1.165) is 5.56 Å². The van der Waals surface area contributed by atoms with Crippen LogP contribution in [-0.4, -0.2) is 29.7 Å². The molecule has 2 heterocycles. The SMILES string of the molecule is O=C(c1ccccc1)C1CCN(C(=O)c2ccc(COc3ccc(F)cc3)o2)CC1. The molecule has 0 saturated carbocycles. The van der Waals surface area contributed by atoms with E-state index in [-0.39, 0.29) is 35.8 Å². The molecule has 0 N–H and O–H groups in total. The molecule has 0 bridgehead atoms. The van der Waals surface area contributed by atoms with E-state index < -0.39 is 0 Å². The van der Waals surface area contributed by atoms with Gasteiger partial charge in [-0.2, -0.15) is 0 Å². The van der Waals surface area contributed by atoms with Gasteiger partial charge in [0.2, 0.25) is 0 Å². The van der Waals surface area contributed by atoms with Crippen molar-refractivity contribution in [3.8, 4) is 5.75 Å². The number of amides is 1. The molecule has 1 amide bonds. The Labute approximate surface area is 174 Å². The Morgan fingerprint density at radius 2 is 1.67 bits per heavy atom. The predicted octanol–water partition coefficient (Wildman–Crippen LogP) is 4.73. The van der Waals surface area contributed by atoms with Crippen LogP contribution >= 0.6 is 0 Å². The third-order valence-corrected chi connectivity index (χ3v) is 5.28. The number of piperidine rings is 1. The van der Waals surface area contributed by atoms with Crippen LogP contribution in [0, 0.1) is 11.7 Å². The highest BCUT2D eigenvalue weighted by Crippen LogP contribution is 2.24. The van der Waals surface area contributed by atoms with Gasteiger partial charge < -0.3 is 14.1 Å². The minimum Gasteiger partial charge on any atom is -0.486 e. The molecule has 0 radical (unpaired) electrons. The van der Waals surface area contributed by atoms with Gasteiger partial charge in [0, 0.05) is 24.6 Å². The Kier molecular flexibility index (Phi) is 5.93. The first kappa shape index (κ1) is 19.9. The molecular weight excluding hydrogens is 385 g/mol. The summed E-state index contributed by atoms with van der Waals surface area (Å²) in [5, 5.41) is 0. The Balaban J connectivity index is 1.30. The van der Waals surface area contributed by atoms with Crippen molar-refractivity contribution < 1.29 is 23.1 Å². The minimum absolute atomic E-state index is 0.0623. The second-order valence-electron chi connectivity index (χ2n) is 7.31. The number of benzene rings is 2. The molecule has 1 saturated heterocycles. The standard InChI is InChI=1S/C24H22FNO4/c25-19-6-8-20(9-7-19)29-16-21-10-11-22(30-21)24(28)26-14-12-18(13-15-26)23(27)17-4-2-1-3-5-17/h1-11,18H,12-16H2. The molecule has 0 unspecified atom stereocenters. The van der Waals surface area contributed by atoms with Crippen molar-refractivity contribution in [3.05, 3.63) is 89.6 Å². The predicted molar refractivity (Wildman–Crippen MR) is 109 cm³/mol. The van der Waals surface area contributed by atoms with Crippen LogP contribution < -0.4 is 4.74 Å². The number of hydrogen-bond acceptors (Lipinski definition) is 4. The summed E-state index contributed by atoms with van der Waals surface area (Å²) in [5.74, 6) is 0.841. The van der Waals surface area contributed by atoms with Gasteiger partial charge in [0.1, 0.15) is 23.9 Å². The lowest BCUT2D eigenvalue weighted by atomic mass is 9.89. The van der Waals surface area contributed by atoms with Gasteiger partial charge in [-0.3, -0.25) is 9.59 Å².